The molecule has 5 heteroatoms. The normalized spacial score (nSPS) is 11.6. The smallest absolute Gasteiger partial charge is 0.263 e. The molecule has 0 fully saturated rings. The third-order valence-corrected chi connectivity index (χ3v) is 6.65. The zero-order valence-corrected chi connectivity index (χ0v) is 20.2. The van der Waals surface area contributed by atoms with E-state index in [9.17, 15) is 4.79 Å². The van der Waals surface area contributed by atoms with Crippen LogP contribution in [-0.2, 0) is 0 Å². The molecule has 0 atom stereocenters. The van der Waals surface area contributed by atoms with Crippen LogP contribution in [0.2, 0.25) is 5.02 Å². The summed E-state index contributed by atoms with van der Waals surface area (Å²) in [6, 6.07) is 14.2. The van der Waals surface area contributed by atoms with Gasteiger partial charge in [0.25, 0.3) is 5.91 Å². The third kappa shape index (κ3) is 6.05. The van der Waals surface area contributed by atoms with Crippen molar-refractivity contribution < 1.29 is 4.79 Å². The van der Waals surface area contributed by atoms with Crippen LogP contribution in [0.15, 0.2) is 48.5 Å². The van der Waals surface area contributed by atoms with E-state index in [1.165, 1.54) is 28.0 Å². The van der Waals surface area contributed by atoms with E-state index in [1.54, 1.807) is 0 Å². The Morgan fingerprint density at radius 2 is 1.87 bits per heavy atom. The van der Waals surface area contributed by atoms with Crippen molar-refractivity contribution in [2.24, 2.45) is 0 Å². The van der Waals surface area contributed by atoms with Crippen LogP contribution in [0, 0.1) is 20.8 Å². The fourth-order valence-corrected chi connectivity index (χ4v) is 4.58. The molecule has 0 radical (unpaired) electrons. The number of nitrogens with one attached hydrogen (secondary N) is 1. The van der Waals surface area contributed by atoms with E-state index in [-0.39, 0.29) is 5.91 Å². The lowest BCUT2D eigenvalue weighted by atomic mass is 9.96. The van der Waals surface area contributed by atoms with Crippen LogP contribution in [0.25, 0.3) is 16.1 Å². The minimum absolute atomic E-state index is 0.0639. The highest BCUT2D eigenvalue weighted by molar-refractivity contribution is 7.17. The zero-order chi connectivity index (χ0) is 22.4. The van der Waals surface area contributed by atoms with Gasteiger partial charge in [0.1, 0.15) is 9.88 Å². The molecule has 2 aromatic carbocycles. The molecule has 1 heterocycles. The third-order valence-electron chi connectivity index (χ3n) is 5.21. The molecule has 0 aliphatic heterocycles. The molecule has 31 heavy (non-hydrogen) atoms. The van der Waals surface area contributed by atoms with Crippen LogP contribution < -0.4 is 5.32 Å². The number of thiazole rings is 1. The number of hydrogen-bond donors (Lipinski definition) is 1. The standard InChI is InChI=1S/C26H29ClN2OS/c1-5-6-7-20(23-16-22(27)13-10-18(23)3)14-15-28-25(30)24-19(4)29-26(31-24)21-11-8-17(2)9-12-21/h7-13,16H,5-6,14-15H2,1-4H3,(H,28,30). The Bertz CT molecular complexity index is 1080. The fourth-order valence-electron chi connectivity index (χ4n) is 3.42. The van der Waals surface area contributed by atoms with Gasteiger partial charge >= 0.3 is 0 Å². The van der Waals surface area contributed by atoms with Gasteiger partial charge in [0, 0.05) is 17.1 Å². The van der Waals surface area contributed by atoms with Gasteiger partial charge in [-0.1, -0.05) is 66.9 Å². The average molecular weight is 453 g/mol. The van der Waals surface area contributed by atoms with Crippen LogP contribution in [-0.4, -0.2) is 17.4 Å². The van der Waals surface area contributed by atoms with Crippen LogP contribution in [0.5, 0.6) is 0 Å². The topological polar surface area (TPSA) is 42.0 Å². The highest BCUT2D eigenvalue weighted by Gasteiger charge is 2.16. The monoisotopic (exact) mass is 452 g/mol. The highest BCUT2D eigenvalue weighted by Crippen LogP contribution is 2.29. The van der Waals surface area contributed by atoms with Gasteiger partial charge in [-0.25, -0.2) is 4.98 Å². The number of carbonyl (C=O) groups is 1. The predicted molar refractivity (Wildman–Crippen MR) is 133 cm³/mol. The van der Waals surface area contributed by atoms with Gasteiger partial charge in [-0.15, -0.1) is 11.3 Å². The summed E-state index contributed by atoms with van der Waals surface area (Å²) in [4.78, 5) is 18.1. The summed E-state index contributed by atoms with van der Waals surface area (Å²) in [5, 5.41) is 4.69. The van der Waals surface area contributed by atoms with E-state index in [1.807, 2.05) is 37.3 Å². The lowest BCUT2D eigenvalue weighted by Crippen LogP contribution is -2.24. The van der Waals surface area contributed by atoms with Gasteiger partial charge < -0.3 is 5.32 Å². The van der Waals surface area contributed by atoms with Crippen molar-refractivity contribution in [3.05, 3.63) is 80.8 Å². The fraction of sp³-hybridized carbons (Fsp3) is 0.308. The molecule has 3 aromatic rings. The number of unbranched alkanes of at least 4 members (excludes halogenated alkanes) is 1. The highest BCUT2D eigenvalue weighted by atomic mass is 35.5. The van der Waals surface area contributed by atoms with E-state index >= 15 is 0 Å². The molecule has 0 saturated heterocycles. The Balaban J connectivity index is 1.69. The van der Waals surface area contributed by atoms with Gasteiger partial charge in [-0.3, -0.25) is 4.79 Å². The SMILES string of the molecule is CCCC=C(CCNC(=O)c1sc(-c2ccc(C)cc2)nc1C)c1cc(Cl)ccc1C. The summed E-state index contributed by atoms with van der Waals surface area (Å²) in [7, 11) is 0. The summed E-state index contributed by atoms with van der Waals surface area (Å²) < 4.78 is 0. The first-order chi connectivity index (χ1) is 14.9. The zero-order valence-electron chi connectivity index (χ0n) is 18.6. The summed E-state index contributed by atoms with van der Waals surface area (Å²) in [6.07, 6.45) is 5.11. The number of halogens is 1. The number of carbonyl (C=O) groups excluding carboxylic acids is 1. The van der Waals surface area contributed by atoms with Crippen molar-refractivity contribution in [2.75, 3.05) is 6.54 Å². The number of aromatic nitrogens is 1. The molecule has 3 nitrogen and oxygen atoms in total. The first-order valence-electron chi connectivity index (χ1n) is 10.7. The summed E-state index contributed by atoms with van der Waals surface area (Å²) >= 11 is 7.68. The number of nitrogens with zero attached hydrogens (tertiary/aromatic N) is 1. The molecule has 0 spiro atoms. The van der Waals surface area contributed by atoms with Crippen molar-refractivity contribution in [1.82, 2.24) is 10.3 Å². The van der Waals surface area contributed by atoms with Crippen LogP contribution in [0.1, 0.15) is 58.2 Å². The van der Waals surface area contributed by atoms with Crippen molar-refractivity contribution in [3.63, 3.8) is 0 Å². The van der Waals surface area contributed by atoms with Gasteiger partial charge in [0.05, 0.1) is 5.69 Å². The molecular formula is C26H29ClN2OS. The van der Waals surface area contributed by atoms with Crippen molar-refractivity contribution in [3.8, 4) is 10.6 Å². The van der Waals surface area contributed by atoms with Gasteiger partial charge in [-0.2, -0.15) is 0 Å². The number of amides is 1. The second-order valence-electron chi connectivity index (χ2n) is 7.78. The van der Waals surface area contributed by atoms with Crippen molar-refractivity contribution >= 4 is 34.4 Å². The minimum atomic E-state index is -0.0639. The molecule has 0 aliphatic rings. The Morgan fingerprint density at radius 3 is 2.58 bits per heavy atom. The summed E-state index contributed by atoms with van der Waals surface area (Å²) in [5.41, 5.74) is 6.59. The molecule has 162 valence electrons. The first kappa shape index (κ1) is 23.2. The number of allylic oxidation sites excluding steroid dienone is 1. The second kappa shape index (κ2) is 10.7. The molecule has 1 amide bonds. The lowest BCUT2D eigenvalue weighted by molar-refractivity contribution is 0.0958. The van der Waals surface area contributed by atoms with E-state index in [0.29, 0.717) is 11.4 Å². The summed E-state index contributed by atoms with van der Waals surface area (Å²) in [6.45, 7) is 8.78. The molecule has 3 rings (SSSR count). The van der Waals surface area contributed by atoms with Crippen molar-refractivity contribution in [1.29, 1.82) is 0 Å². The van der Waals surface area contributed by atoms with Crippen LogP contribution >= 0.6 is 22.9 Å². The average Bonchev–Trinajstić information content (AvgIpc) is 3.14. The van der Waals surface area contributed by atoms with Gasteiger partial charge in [0.2, 0.25) is 0 Å². The van der Waals surface area contributed by atoms with Crippen LogP contribution in [0.3, 0.4) is 0 Å². The Labute approximate surface area is 194 Å². The maximum Gasteiger partial charge on any atom is 0.263 e. The predicted octanol–water partition coefficient (Wildman–Crippen LogP) is 7.39. The van der Waals surface area contributed by atoms with E-state index in [0.717, 1.165) is 46.1 Å². The minimum Gasteiger partial charge on any atom is -0.351 e. The molecule has 0 aliphatic carbocycles. The Hall–Kier alpha value is -2.43. The largest absolute Gasteiger partial charge is 0.351 e. The molecular weight excluding hydrogens is 424 g/mol. The maximum atomic E-state index is 12.8. The van der Waals surface area contributed by atoms with E-state index < -0.39 is 0 Å². The number of benzene rings is 2. The van der Waals surface area contributed by atoms with E-state index in [4.69, 9.17) is 11.6 Å². The Kier molecular flexibility index (Phi) is 8.05. The first-order valence-corrected chi connectivity index (χ1v) is 11.9. The van der Waals surface area contributed by atoms with Gasteiger partial charge in [0.15, 0.2) is 0 Å². The maximum absolute atomic E-state index is 12.8. The molecule has 1 N–H and O–H groups in total. The second-order valence-corrected chi connectivity index (χ2v) is 9.22. The van der Waals surface area contributed by atoms with Crippen molar-refractivity contribution in [2.45, 2.75) is 47.0 Å². The molecule has 0 unspecified atom stereocenters. The lowest BCUT2D eigenvalue weighted by Gasteiger charge is -2.13. The number of rotatable bonds is 8. The number of aryl methyl sites for hydroxylation is 3. The van der Waals surface area contributed by atoms with E-state index in [2.05, 4.69) is 49.3 Å². The Morgan fingerprint density at radius 1 is 1.13 bits per heavy atom. The van der Waals surface area contributed by atoms with Crippen LogP contribution in [0.4, 0.5) is 0 Å². The quantitative estimate of drug-likeness (QED) is 0.387. The van der Waals surface area contributed by atoms with Gasteiger partial charge in [-0.05, 0) is 62.4 Å². The molecule has 1 aromatic heterocycles. The molecule has 0 bridgehead atoms. The molecule has 0 saturated carbocycles. The summed E-state index contributed by atoms with van der Waals surface area (Å²) in [5.74, 6) is -0.0639. The number of hydrogen-bond acceptors (Lipinski definition) is 3.